The van der Waals surface area contributed by atoms with E-state index in [-0.39, 0.29) is 11.2 Å². The van der Waals surface area contributed by atoms with Gasteiger partial charge in [-0.15, -0.1) is 5.10 Å². The lowest BCUT2D eigenvalue weighted by molar-refractivity contribution is -0.118. The van der Waals surface area contributed by atoms with Crippen LogP contribution in [0.25, 0.3) is 0 Å². The van der Waals surface area contributed by atoms with Crippen molar-refractivity contribution in [3.05, 3.63) is 29.8 Å². The molecule has 0 aliphatic carbocycles. The van der Waals surface area contributed by atoms with Gasteiger partial charge in [0.2, 0.25) is 5.91 Å². The largest absolute Gasteiger partial charge is 0.378 e. The molecule has 19 heavy (non-hydrogen) atoms. The molecule has 2 rings (SSSR count). The molecule has 100 valence electrons. The zero-order valence-corrected chi connectivity index (χ0v) is 11.9. The molecule has 0 aromatic heterocycles. The molecule has 0 spiro atoms. The van der Waals surface area contributed by atoms with Gasteiger partial charge in [0.25, 0.3) is 0 Å². The average Bonchev–Trinajstić information content (AvgIpc) is 2.69. The fraction of sp³-hybridized carbons (Fsp3) is 0.308. The summed E-state index contributed by atoms with van der Waals surface area (Å²) in [6.07, 6.45) is 1.67. The number of amidine groups is 1. The third-order valence-electron chi connectivity index (χ3n) is 2.65. The van der Waals surface area contributed by atoms with Crippen molar-refractivity contribution in [1.82, 2.24) is 5.32 Å². The molecule has 1 atom stereocenters. The van der Waals surface area contributed by atoms with Crippen LogP contribution in [0, 0.1) is 0 Å². The van der Waals surface area contributed by atoms with Gasteiger partial charge in [-0.1, -0.05) is 23.9 Å². The summed E-state index contributed by atoms with van der Waals surface area (Å²) >= 11 is 1.38. The van der Waals surface area contributed by atoms with E-state index >= 15 is 0 Å². The van der Waals surface area contributed by atoms with Crippen LogP contribution in [0.5, 0.6) is 0 Å². The lowest BCUT2D eigenvalue weighted by Gasteiger charge is -2.11. The normalized spacial score (nSPS) is 21.1. The number of carbonyl (C=O) groups excluding carboxylic acids is 1. The van der Waals surface area contributed by atoms with Crippen LogP contribution >= 0.6 is 11.8 Å². The van der Waals surface area contributed by atoms with Crippen LogP contribution in [0.3, 0.4) is 0 Å². The molecule has 1 N–H and O–H groups in total. The number of hydrogen-bond donors (Lipinski definition) is 1. The highest BCUT2D eigenvalue weighted by atomic mass is 32.2. The number of nitrogens with one attached hydrogen (secondary N) is 1. The monoisotopic (exact) mass is 276 g/mol. The van der Waals surface area contributed by atoms with Crippen LogP contribution in [-0.4, -0.2) is 36.6 Å². The van der Waals surface area contributed by atoms with Crippen molar-refractivity contribution in [1.29, 1.82) is 0 Å². The summed E-state index contributed by atoms with van der Waals surface area (Å²) in [7, 11) is 3.99. The van der Waals surface area contributed by atoms with Crippen molar-refractivity contribution < 1.29 is 4.79 Å². The summed E-state index contributed by atoms with van der Waals surface area (Å²) in [6.45, 7) is 1.84. The number of rotatable bonds is 3. The Bertz CT molecular complexity index is 522. The molecule has 1 heterocycles. The quantitative estimate of drug-likeness (QED) is 0.675. The van der Waals surface area contributed by atoms with E-state index in [4.69, 9.17) is 0 Å². The highest BCUT2D eigenvalue weighted by molar-refractivity contribution is 8.15. The van der Waals surface area contributed by atoms with E-state index in [9.17, 15) is 4.79 Å². The lowest BCUT2D eigenvalue weighted by Crippen LogP contribution is -2.23. The molecule has 1 unspecified atom stereocenters. The van der Waals surface area contributed by atoms with Gasteiger partial charge < -0.3 is 10.2 Å². The first-order valence-electron chi connectivity index (χ1n) is 5.92. The second-order valence-electron chi connectivity index (χ2n) is 4.39. The summed E-state index contributed by atoms with van der Waals surface area (Å²) in [5, 5.41) is 11.1. The maximum atomic E-state index is 11.2. The topological polar surface area (TPSA) is 57.1 Å². The third kappa shape index (κ3) is 3.57. The fourth-order valence-electron chi connectivity index (χ4n) is 1.51. The summed E-state index contributed by atoms with van der Waals surface area (Å²) in [4.78, 5) is 13.3. The molecular weight excluding hydrogens is 260 g/mol. The van der Waals surface area contributed by atoms with E-state index in [1.54, 1.807) is 6.21 Å². The number of thioether (sulfide) groups is 1. The Morgan fingerprint density at radius 2 is 2.00 bits per heavy atom. The molecule has 1 aromatic carbocycles. The first-order chi connectivity index (χ1) is 9.06. The Hall–Kier alpha value is -1.82. The highest BCUT2D eigenvalue weighted by Gasteiger charge is 2.25. The lowest BCUT2D eigenvalue weighted by atomic mass is 10.2. The minimum absolute atomic E-state index is 0.0192. The van der Waals surface area contributed by atoms with Gasteiger partial charge in [0.1, 0.15) is 0 Å². The second kappa shape index (κ2) is 5.88. The number of anilines is 1. The SMILES string of the molecule is CC1S/C(=N/N=C/c2ccc(N(C)C)cc2)NC1=O. The van der Waals surface area contributed by atoms with E-state index in [1.807, 2.05) is 50.2 Å². The molecule has 1 fully saturated rings. The van der Waals surface area contributed by atoms with Gasteiger partial charge in [-0.05, 0) is 24.6 Å². The maximum Gasteiger partial charge on any atom is 0.239 e. The van der Waals surface area contributed by atoms with E-state index in [0.717, 1.165) is 11.3 Å². The smallest absolute Gasteiger partial charge is 0.239 e. The molecule has 0 radical (unpaired) electrons. The van der Waals surface area contributed by atoms with E-state index < -0.39 is 0 Å². The molecule has 1 aromatic rings. The van der Waals surface area contributed by atoms with Gasteiger partial charge in [-0.3, -0.25) is 4.79 Å². The number of benzene rings is 1. The number of amides is 1. The van der Waals surface area contributed by atoms with Gasteiger partial charge in [0.05, 0.1) is 11.5 Å². The first-order valence-corrected chi connectivity index (χ1v) is 6.80. The molecule has 0 saturated carbocycles. The number of nitrogens with zero attached hydrogens (tertiary/aromatic N) is 3. The van der Waals surface area contributed by atoms with Crippen molar-refractivity contribution in [3.8, 4) is 0 Å². The predicted molar refractivity (Wildman–Crippen MR) is 81.0 cm³/mol. The van der Waals surface area contributed by atoms with Gasteiger partial charge in [-0.2, -0.15) is 5.10 Å². The molecule has 6 heteroatoms. The zero-order valence-electron chi connectivity index (χ0n) is 11.1. The van der Waals surface area contributed by atoms with Crippen LogP contribution in [0.1, 0.15) is 12.5 Å². The molecule has 0 bridgehead atoms. The molecule has 1 saturated heterocycles. The second-order valence-corrected chi connectivity index (χ2v) is 5.71. The fourth-order valence-corrected chi connectivity index (χ4v) is 2.27. The van der Waals surface area contributed by atoms with Gasteiger partial charge >= 0.3 is 0 Å². The molecule has 5 nitrogen and oxygen atoms in total. The van der Waals surface area contributed by atoms with Crippen molar-refractivity contribution in [3.63, 3.8) is 0 Å². The van der Waals surface area contributed by atoms with Gasteiger partial charge in [0.15, 0.2) is 5.17 Å². The minimum atomic E-state index is -0.0895. The molecular formula is C13H16N4OS. The molecule has 1 aliphatic rings. The predicted octanol–water partition coefficient (Wildman–Crippen LogP) is 1.69. The van der Waals surface area contributed by atoms with E-state index in [2.05, 4.69) is 15.5 Å². The molecule has 1 aliphatic heterocycles. The van der Waals surface area contributed by atoms with Crippen molar-refractivity contribution in [2.24, 2.45) is 10.2 Å². The Kier molecular flexibility index (Phi) is 4.21. The Morgan fingerprint density at radius 1 is 1.32 bits per heavy atom. The van der Waals surface area contributed by atoms with E-state index in [0.29, 0.717) is 5.17 Å². The van der Waals surface area contributed by atoms with Crippen LogP contribution in [0.4, 0.5) is 5.69 Å². The number of hydrogen-bond acceptors (Lipinski definition) is 5. The Balaban J connectivity index is 1.99. The summed E-state index contributed by atoms with van der Waals surface area (Å²) in [5.41, 5.74) is 2.10. The Morgan fingerprint density at radius 3 is 2.53 bits per heavy atom. The first kappa shape index (κ1) is 13.6. The maximum absolute atomic E-state index is 11.2. The molecule has 1 amide bonds. The van der Waals surface area contributed by atoms with Crippen molar-refractivity contribution >= 4 is 34.7 Å². The summed E-state index contributed by atoms with van der Waals surface area (Å²) in [5.74, 6) is -0.0192. The minimum Gasteiger partial charge on any atom is -0.378 e. The van der Waals surface area contributed by atoms with Crippen LogP contribution in [0.15, 0.2) is 34.5 Å². The summed E-state index contributed by atoms with van der Waals surface area (Å²) < 4.78 is 0. The van der Waals surface area contributed by atoms with Crippen LogP contribution in [-0.2, 0) is 4.79 Å². The van der Waals surface area contributed by atoms with E-state index in [1.165, 1.54) is 11.8 Å². The van der Waals surface area contributed by atoms with Crippen LogP contribution in [0.2, 0.25) is 0 Å². The van der Waals surface area contributed by atoms with Gasteiger partial charge in [0, 0.05) is 19.8 Å². The van der Waals surface area contributed by atoms with Crippen LogP contribution < -0.4 is 10.2 Å². The number of carbonyl (C=O) groups is 1. The average molecular weight is 276 g/mol. The standard InChI is InChI=1S/C13H16N4OS/c1-9-12(18)15-13(19-9)16-14-8-10-4-6-11(7-5-10)17(2)3/h4-9H,1-3H3,(H,15,16,18)/b14-8+. The zero-order chi connectivity index (χ0) is 13.8. The van der Waals surface area contributed by atoms with Gasteiger partial charge in [-0.25, -0.2) is 0 Å². The Labute approximate surface area is 116 Å². The third-order valence-corrected chi connectivity index (χ3v) is 3.63. The van der Waals surface area contributed by atoms with Crippen molar-refractivity contribution in [2.75, 3.05) is 19.0 Å². The van der Waals surface area contributed by atoms with Crippen molar-refractivity contribution in [2.45, 2.75) is 12.2 Å². The summed E-state index contributed by atoms with van der Waals surface area (Å²) in [6, 6.07) is 7.98. The highest BCUT2D eigenvalue weighted by Crippen LogP contribution is 2.18.